The molecule has 1 unspecified atom stereocenters. The molecule has 1 N–H and O–H groups in total. The van der Waals surface area contributed by atoms with E-state index < -0.39 is 0 Å². The fraction of sp³-hybridized carbons (Fsp3) is 0.917. The summed E-state index contributed by atoms with van der Waals surface area (Å²) in [6, 6.07) is 0. The Hall–Kier alpha value is -0.730. The number of hydrogen-bond acceptors (Lipinski definition) is 1. The zero-order valence-electron chi connectivity index (χ0n) is 10.6. The molecule has 3 nitrogen and oxygen atoms in total. The van der Waals surface area contributed by atoms with Crippen LogP contribution in [0.1, 0.15) is 39.5 Å². The molecule has 0 spiro atoms. The highest BCUT2D eigenvalue weighted by Crippen LogP contribution is 2.33. The average Bonchev–Trinajstić information content (AvgIpc) is 2.19. The van der Waals surface area contributed by atoms with Gasteiger partial charge in [0.1, 0.15) is 0 Å². The van der Waals surface area contributed by atoms with Gasteiger partial charge in [-0.3, -0.25) is 4.99 Å². The lowest BCUT2D eigenvalue weighted by Gasteiger charge is -2.41. The van der Waals surface area contributed by atoms with Crippen LogP contribution in [-0.2, 0) is 0 Å². The molecule has 0 aromatic rings. The maximum Gasteiger partial charge on any atom is 0.193 e. The highest BCUT2D eigenvalue weighted by Gasteiger charge is 2.31. The summed E-state index contributed by atoms with van der Waals surface area (Å²) in [5.41, 5.74) is 0.486. The molecule has 0 aromatic carbocycles. The van der Waals surface area contributed by atoms with Gasteiger partial charge in [-0.15, -0.1) is 0 Å². The third-order valence-corrected chi connectivity index (χ3v) is 3.37. The summed E-state index contributed by atoms with van der Waals surface area (Å²) in [7, 11) is 3.81. The molecule has 0 amide bonds. The first-order valence-electron chi connectivity index (χ1n) is 6.04. The summed E-state index contributed by atoms with van der Waals surface area (Å²) in [5.74, 6) is 1.04. The van der Waals surface area contributed by atoms with Gasteiger partial charge in [-0.2, -0.15) is 0 Å². The van der Waals surface area contributed by atoms with Crippen LogP contribution < -0.4 is 5.32 Å². The molecule has 3 heteroatoms. The first-order chi connectivity index (χ1) is 7.15. The number of nitrogens with one attached hydrogen (secondary N) is 1. The largest absolute Gasteiger partial charge is 0.359 e. The maximum absolute atomic E-state index is 4.29. The predicted octanol–water partition coefficient (Wildman–Crippen LogP) is 2.09. The van der Waals surface area contributed by atoms with E-state index in [0.717, 1.165) is 19.0 Å². The number of hydrogen-bond donors (Lipinski definition) is 1. The van der Waals surface area contributed by atoms with Gasteiger partial charge in [0.25, 0.3) is 0 Å². The van der Waals surface area contributed by atoms with Crippen molar-refractivity contribution >= 4 is 5.96 Å². The Labute approximate surface area is 94.0 Å². The Bertz CT molecular complexity index is 221. The fourth-order valence-electron chi connectivity index (χ4n) is 2.72. The Balaban J connectivity index is 2.62. The van der Waals surface area contributed by atoms with Crippen LogP contribution in [-0.4, -0.2) is 38.0 Å². The number of aliphatic imine (C=N–C) groups is 1. The van der Waals surface area contributed by atoms with Crippen LogP contribution in [0.5, 0.6) is 0 Å². The van der Waals surface area contributed by atoms with Crippen molar-refractivity contribution in [3.05, 3.63) is 0 Å². The van der Waals surface area contributed by atoms with Gasteiger partial charge in [0.15, 0.2) is 5.96 Å². The van der Waals surface area contributed by atoms with E-state index in [9.17, 15) is 0 Å². The van der Waals surface area contributed by atoms with Crippen molar-refractivity contribution in [3.63, 3.8) is 0 Å². The monoisotopic (exact) mass is 211 g/mol. The van der Waals surface area contributed by atoms with Gasteiger partial charge in [-0.05, 0) is 24.7 Å². The van der Waals surface area contributed by atoms with E-state index in [4.69, 9.17) is 0 Å². The topological polar surface area (TPSA) is 27.6 Å². The fourth-order valence-corrected chi connectivity index (χ4v) is 2.72. The minimum Gasteiger partial charge on any atom is -0.359 e. The summed E-state index contributed by atoms with van der Waals surface area (Å²) in [4.78, 5) is 6.68. The van der Waals surface area contributed by atoms with E-state index in [1.807, 2.05) is 14.1 Å². The van der Waals surface area contributed by atoms with Crippen molar-refractivity contribution in [2.75, 3.05) is 27.2 Å². The summed E-state index contributed by atoms with van der Waals surface area (Å²) in [5, 5.41) is 3.18. The SMILES string of the molecule is CCCC1(C)CCCN(C(=NC)NC)C1. The van der Waals surface area contributed by atoms with E-state index in [1.54, 1.807) is 0 Å². The van der Waals surface area contributed by atoms with Crippen LogP contribution in [0.15, 0.2) is 4.99 Å². The van der Waals surface area contributed by atoms with Crippen LogP contribution in [0, 0.1) is 5.41 Å². The lowest BCUT2D eigenvalue weighted by molar-refractivity contribution is 0.143. The van der Waals surface area contributed by atoms with E-state index in [2.05, 4.69) is 29.1 Å². The van der Waals surface area contributed by atoms with Crippen molar-refractivity contribution in [2.45, 2.75) is 39.5 Å². The molecular formula is C12H25N3. The van der Waals surface area contributed by atoms with E-state index in [-0.39, 0.29) is 0 Å². The number of rotatable bonds is 2. The second kappa shape index (κ2) is 5.38. The quantitative estimate of drug-likeness (QED) is 0.559. The molecule has 1 rings (SSSR count). The molecule has 15 heavy (non-hydrogen) atoms. The molecule has 1 aliphatic heterocycles. The van der Waals surface area contributed by atoms with Crippen molar-refractivity contribution in [1.29, 1.82) is 0 Å². The summed E-state index contributed by atoms with van der Waals surface area (Å²) in [6.07, 6.45) is 5.25. The summed E-state index contributed by atoms with van der Waals surface area (Å²) in [6.45, 7) is 6.98. The van der Waals surface area contributed by atoms with Gasteiger partial charge in [0.2, 0.25) is 0 Å². The first-order valence-corrected chi connectivity index (χ1v) is 6.04. The second-order valence-electron chi connectivity index (χ2n) is 4.88. The summed E-state index contributed by atoms with van der Waals surface area (Å²) >= 11 is 0. The number of nitrogens with zero attached hydrogens (tertiary/aromatic N) is 2. The lowest BCUT2D eigenvalue weighted by Crippen LogP contribution is -2.48. The molecule has 1 aliphatic rings. The average molecular weight is 211 g/mol. The van der Waals surface area contributed by atoms with Crippen LogP contribution in [0.4, 0.5) is 0 Å². The lowest BCUT2D eigenvalue weighted by atomic mass is 9.78. The molecule has 0 aromatic heterocycles. The second-order valence-corrected chi connectivity index (χ2v) is 4.88. The van der Waals surface area contributed by atoms with Crippen molar-refractivity contribution in [3.8, 4) is 0 Å². The van der Waals surface area contributed by atoms with Crippen LogP contribution in [0.25, 0.3) is 0 Å². The highest BCUT2D eigenvalue weighted by atomic mass is 15.3. The molecule has 1 heterocycles. The molecule has 1 atom stereocenters. The van der Waals surface area contributed by atoms with Gasteiger partial charge in [-0.1, -0.05) is 20.3 Å². The third kappa shape index (κ3) is 3.11. The van der Waals surface area contributed by atoms with Gasteiger partial charge < -0.3 is 10.2 Å². The Morgan fingerprint density at radius 1 is 1.53 bits per heavy atom. The van der Waals surface area contributed by atoms with E-state index in [1.165, 1.54) is 25.7 Å². The number of piperidine rings is 1. The standard InChI is InChI=1S/C12H25N3/c1-5-7-12(2)8-6-9-15(10-12)11(13-3)14-4/h5-10H2,1-4H3,(H,13,14). The number of guanidine groups is 1. The normalized spacial score (nSPS) is 28.0. The van der Waals surface area contributed by atoms with Gasteiger partial charge in [-0.25, -0.2) is 0 Å². The third-order valence-electron chi connectivity index (χ3n) is 3.37. The molecule has 0 saturated carbocycles. The minimum atomic E-state index is 0.486. The molecule has 88 valence electrons. The van der Waals surface area contributed by atoms with Crippen LogP contribution in [0.2, 0.25) is 0 Å². The molecule has 1 fully saturated rings. The molecule has 0 aliphatic carbocycles. The number of likely N-dealkylation sites (tertiary alicyclic amines) is 1. The summed E-state index contributed by atoms with van der Waals surface area (Å²) < 4.78 is 0. The Morgan fingerprint density at radius 2 is 2.27 bits per heavy atom. The van der Waals surface area contributed by atoms with Crippen molar-refractivity contribution in [2.24, 2.45) is 10.4 Å². The van der Waals surface area contributed by atoms with Gasteiger partial charge in [0.05, 0.1) is 0 Å². The van der Waals surface area contributed by atoms with Crippen molar-refractivity contribution in [1.82, 2.24) is 10.2 Å². The molecular weight excluding hydrogens is 186 g/mol. The smallest absolute Gasteiger partial charge is 0.193 e. The maximum atomic E-state index is 4.29. The highest BCUT2D eigenvalue weighted by molar-refractivity contribution is 5.79. The zero-order valence-corrected chi connectivity index (χ0v) is 10.6. The Kier molecular flexibility index (Phi) is 4.43. The predicted molar refractivity (Wildman–Crippen MR) is 66.2 cm³/mol. The van der Waals surface area contributed by atoms with Crippen molar-refractivity contribution < 1.29 is 0 Å². The Morgan fingerprint density at radius 3 is 2.80 bits per heavy atom. The molecule has 0 bridgehead atoms. The van der Waals surface area contributed by atoms with Crippen LogP contribution in [0.3, 0.4) is 0 Å². The molecule has 0 radical (unpaired) electrons. The van der Waals surface area contributed by atoms with E-state index in [0.29, 0.717) is 5.41 Å². The molecule has 1 saturated heterocycles. The van der Waals surface area contributed by atoms with Gasteiger partial charge in [0, 0.05) is 27.2 Å². The van der Waals surface area contributed by atoms with Crippen LogP contribution >= 0.6 is 0 Å². The first kappa shape index (κ1) is 12.3. The van der Waals surface area contributed by atoms with Gasteiger partial charge >= 0.3 is 0 Å². The zero-order chi connectivity index (χ0) is 11.3. The minimum absolute atomic E-state index is 0.486. The van der Waals surface area contributed by atoms with E-state index >= 15 is 0 Å².